The van der Waals surface area contributed by atoms with Crippen LogP contribution in [0.15, 0.2) is 51.4 Å². The van der Waals surface area contributed by atoms with Gasteiger partial charge in [0.25, 0.3) is 0 Å². The first kappa shape index (κ1) is 16.1. The number of benzene rings is 1. The Morgan fingerprint density at radius 2 is 2.00 bits per heavy atom. The number of nitrogens with two attached hydrogens (primary N) is 1. The molecule has 0 radical (unpaired) electrons. The fourth-order valence-electron chi connectivity index (χ4n) is 2.13. The molecule has 0 saturated carbocycles. The van der Waals surface area contributed by atoms with Crippen LogP contribution in [0.5, 0.6) is 0 Å². The van der Waals surface area contributed by atoms with Gasteiger partial charge in [0.2, 0.25) is 16.9 Å². The van der Waals surface area contributed by atoms with Gasteiger partial charge in [-0.25, -0.2) is 4.68 Å². The minimum Gasteiger partial charge on any atom is -0.420 e. The third-order valence-electron chi connectivity index (χ3n) is 3.30. The molecule has 0 atom stereocenters. The molecular formula is C15H11ClN6OS2. The van der Waals surface area contributed by atoms with Gasteiger partial charge in [0.05, 0.1) is 21.2 Å². The number of nitrogens with zero attached hydrogens (tertiary/aromatic N) is 5. The highest BCUT2D eigenvalue weighted by molar-refractivity contribution is 7.98. The largest absolute Gasteiger partial charge is 0.420 e. The Labute approximate surface area is 155 Å². The molecular weight excluding hydrogens is 380 g/mol. The topological polar surface area (TPSA) is 95.7 Å². The third-order valence-corrected chi connectivity index (χ3v) is 5.43. The lowest BCUT2D eigenvalue weighted by atomic mass is 10.2. The highest BCUT2D eigenvalue weighted by atomic mass is 35.5. The molecule has 0 spiro atoms. The van der Waals surface area contributed by atoms with Crippen molar-refractivity contribution in [1.82, 2.24) is 25.1 Å². The number of aromatic nitrogens is 5. The van der Waals surface area contributed by atoms with E-state index < -0.39 is 0 Å². The molecule has 0 saturated heterocycles. The summed E-state index contributed by atoms with van der Waals surface area (Å²) < 4.78 is 7.13. The van der Waals surface area contributed by atoms with E-state index in [4.69, 9.17) is 21.9 Å². The Morgan fingerprint density at radius 3 is 2.80 bits per heavy atom. The van der Waals surface area contributed by atoms with Crippen LogP contribution in [-0.2, 0) is 5.75 Å². The van der Waals surface area contributed by atoms with E-state index in [0.717, 1.165) is 4.88 Å². The zero-order valence-electron chi connectivity index (χ0n) is 12.7. The van der Waals surface area contributed by atoms with Gasteiger partial charge in [-0.2, -0.15) is 0 Å². The van der Waals surface area contributed by atoms with Gasteiger partial charge >= 0.3 is 0 Å². The Hall–Kier alpha value is -2.36. The predicted octanol–water partition coefficient (Wildman–Crippen LogP) is 3.72. The number of halogens is 1. The SMILES string of the molecule is Nn1c(SCc2nnc(-c3ccccc3Cl)o2)nnc1-c1cccs1. The van der Waals surface area contributed by atoms with Crippen molar-refractivity contribution in [3.63, 3.8) is 0 Å². The van der Waals surface area contributed by atoms with E-state index in [1.165, 1.54) is 16.4 Å². The second-order valence-electron chi connectivity index (χ2n) is 4.92. The quantitative estimate of drug-likeness (QED) is 0.409. The van der Waals surface area contributed by atoms with Crippen LogP contribution in [0.1, 0.15) is 5.89 Å². The van der Waals surface area contributed by atoms with Gasteiger partial charge in [-0.1, -0.05) is 41.6 Å². The second-order valence-corrected chi connectivity index (χ2v) is 7.22. The first-order valence-corrected chi connectivity index (χ1v) is 9.41. The number of rotatable bonds is 5. The lowest BCUT2D eigenvalue weighted by Gasteiger charge is -2.00. The van der Waals surface area contributed by atoms with Crippen LogP contribution < -0.4 is 5.84 Å². The number of thioether (sulfide) groups is 1. The van der Waals surface area contributed by atoms with Crippen molar-refractivity contribution in [2.75, 3.05) is 5.84 Å². The molecule has 25 heavy (non-hydrogen) atoms. The highest BCUT2D eigenvalue weighted by Crippen LogP contribution is 2.29. The maximum absolute atomic E-state index is 6.14. The molecule has 126 valence electrons. The van der Waals surface area contributed by atoms with Crippen molar-refractivity contribution >= 4 is 34.7 Å². The van der Waals surface area contributed by atoms with Gasteiger partial charge in [-0.3, -0.25) is 0 Å². The molecule has 10 heteroatoms. The standard InChI is InChI=1S/C15H11ClN6OS2/c16-10-5-2-1-4-9(10)14-20-18-12(23-14)8-25-15-21-19-13(22(15)17)11-6-3-7-24-11/h1-7H,8,17H2. The summed E-state index contributed by atoms with van der Waals surface area (Å²) in [5, 5.41) is 19.4. The summed E-state index contributed by atoms with van der Waals surface area (Å²) in [6, 6.07) is 11.2. The summed E-state index contributed by atoms with van der Waals surface area (Å²) >= 11 is 9.07. The van der Waals surface area contributed by atoms with E-state index in [2.05, 4.69) is 20.4 Å². The molecule has 4 rings (SSSR count). The van der Waals surface area contributed by atoms with Crippen molar-refractivity contribution in [3.8, 4) is 22.2 Å². The summed E-state index contributed by atoms with van der Waals surface area (Å²) in [5.74, 6) is 7.96. The van der Waals surface area contributed by atoms with E-state index >= 15 is 0 Å². The van der Waals surface area contributed by atoms with Crippen LogP contribution in [0.2, 0.25) is 5.02 Å². The molecule has 0 aliphatic heterocycles. The Balaban J connectivity index is 1.49. The summed E-state index contributed by atoms with van der Waals surface area (Å²) in [6.45, 7) is 0. The van der Waals surface area contributed by atoms with Gasteiger partial charge in [0.1, 0.15) is 0 Å². The van der Waals surface area contributed by atoms with Crippen molar-refractivity contribution < 1.29 is 4.42 Å². The first-order chi connectivity index (χ1) is 12.2. The molecule has 0 bridgehead atoms. The fourth-order valence-corrected chi connectivity index (χ4v) is 3.75. The van der Waals surface area contributed by atoms with Gasteiger partial charge in [-0.15, -0.1) is 31.7 Å². The van der Waals surface area contributed by atoms with Crippen molar-refractivity contribution in [2.24, 2.45) is 0 Å². The second kappa shape index (κ2) is 6.87. The fraction of sp³-hybridized carbons (Fsp3) is 0.0667. The molecule has 7 nitrogen and oxygen atoms in total. The number of thiophene rings is 1. The summed E-state index contributed by atoms with van der Waals surface area (Å²) in [5.41, 5.74) is 0.704. The molecule has 3 heterocycles. The van der Waals surface area contributed by atoms with Crippen LogP contribution >= 0.6 is 34.7 Å². The van der Waals surface area contributed by atoms with Crippen LogP contribution in [0.25, 0.3) is 22.2 Å². The Kier molecular flexibility index (Phi) is 4.43. The Bertz CT molecular complexity index is 997. The smallest absolute Gasteiger partial charge is 0.249 e. The van der Waals surface area contributed by atoms with Gasteiger partial charge in [0.15, 0.2) is 5.82 Å². The summed E-state index contributed by atoms with van der Waals surface area (Å²) in [7, 11) is 0. The molecule has 4 aromatic rings. The predicted molar refractivity (Wildman–Crippen MR) is 97.8 cm³/mol. The van der Waals surface area contributed by atoms with E-state index in [1.807, 2.05) is 35.7 Å². The van der Waals surface area contributed by atoms with Crippen molar-refractivity contribution in [2.45, 2.75) is 10.9 Å². The lowest BCUT2D eigenvalue weighted by Crippen LogP contribution is -2.11. The molecule has 1 aromatic carbocycles. The average Bonchev–Trinajstić information content (AvgIpc) is 3.34. The minimum absolute atomic E-state index is 0.384. The van der Waals surface area contributed by atoms with Crippen LogP contribution in [0, 0.1) is 0 Å². The zero-order chi connectivity index (χ0) is 17.2. The molecule has 0 aliphatic rings. The number of hydrogen-bond donors (Lipinski definition) is 1. The lowest BCUT2D eigenvalue weighted by molar-refractivity contribution is 0.528. The number of nitrogen functional groups attached to an aromatic ring is 1. The molecule has 0 fully saturated rings. The normalized spacial score (nSPS) is 11.1. The van der Waals surface area contributed by atoms with Crippen LogP contribution in [0.4, 0.5) is 0 Å². The third kappa shape index (κ3) is 3.26. The molecule has 0 aliphatic carbocycles. The maximum atomic E-state index is 6.14. The minimum atomic E-state index is 0.384. The highest BCUT2D eigenvalue weighted by Gasteiger charge is 2.16. The summed E-state index contributed by atoms with van der Waals surface area (Å²) in [4.78, 5) is 0.959. The van der Waals surface area contributed by atoms with E-state index in [-0.39, 0.29) is 0 Å². The van der Waals surface area contributed by atoms with Gasteiger partial charge in [-0.05, 0) is 23.6 Å². The molecule has 0 amide bonds. The van der Waals surface area contributed by atoms with Gasteiger partial charge < -0.3 is 10.3 Å². The number of hydrogen-bond acceptors (Lipinski definition) is 8. The van der Waals surface area contributed by atoms with E-state index in [0.29, 0.717) is 39.1 Å². The monoisotopic (exact) mass is 390 g/mol. The maximum Gasteiger partial charge on any atom is 0.249 e. The first-order valence-electron chi connectivity index (χ1n) is 7.17. The molecule has 0 unspecified atom stereocenters. The molecule has 2 N–H and O–H groups in total. The van der Waals surface area contributed by atoms with Gasteiger partial charge in [0, 0.05) is 0 Å². The van der Waals surface area contributed by atoms with Crippen LogP contribution in [0.3, 0.4) is 0 Å². The van der Waals surface area contributed by atoms with E-state index in [1.54, 1.807) is 17.4 Å². The zero-order valence-corrected chi connectivity index (χ0v) is 15.1. The van der Waals surface area contributed by atoms with E-state index in [9.17, 15) is 0 Å². The summed E-state index contributed by atoms with van der Waals surface area (Å²) in [6.07, 6.45) is 0. The van der Waals surface area contributed by atoms with Crippen molar-refractivity contribution in [1.29, 1.82) is 0 Å². The van der Waals surface area contributed by atoms with Crippen LogP contribution in [-0.4, -0.2) is 25.1 Å². The average molecular weight is 391 g/mol. The Morgan fingerprint density at radius 1 is 1.12 bits per heavy atom. The molecule has 3 aromatic heterocycles. The van der Waals surface area contributed by atoms with Crippen molar-refractivity contribution in [3.05, 3.63) is 52.7 Å².